The molecule has 0 N–H and O–H groups in total. The third-order valence-corrected chi connectivity index (χ3v) is 2.89. The number of aromatic nitrogens is 1. The van der Waals surface area contributed by atoms with E-state index in [0.29, 0.717) is 0 Å². The summed E-state index contributed by atoms with van der Waals surface area (Å²) in [5.41, 5.74) is 2.29. The molecule has 3 aromatic rings. The maximum Gasteiger partial charge on any atom is 0.0525 e. The molecule has 0 saturated carbocycles. The van der Waals surface area contributed by atoms with Gasteiger partial charge in [-0.3, -0.25) is 4.98 Å². The Labute approximate surface area is 101 Å². The minimum absolute atomic E-state index is 0.836. The highest BCUT2D eigenvalue weighted by Gasteiger charge is 2.02. The van der Waals surface area contributed by atoms with Crippen LogP contribution in [0.5, 0.6) is 0 Å². The van der Waals surface area contributed by atoms with E-state index in [1.54, 1.807) is 0 Å². The van der Waals surface area contributed by atoms with Crippen LogP contribution in [-0.2, 0) is 6.42 Å². The summed E-state index contributed by atoms with van der Waals surface area (Å²) in [6.45, 7) is 0. The predicted octanol–water partition coefficient (Wildman–Crippen LogP) is 3.63. The van der Waals surface area contributed by atoms with Gasteiger partial charge in [0.05, 0.1) is 5.69 Å². The lowest BCUT2D eigenvalue weighted by Crippen LogP contribution is -1.93. The molecule has 1 nitrogen and oxygen atoms in total. The number of benzene rings is 2. The molecule has 1 heterocycles. The zero-order valence-electron chi connectivity index (χ0n) is 9.43. The molecule has 81 valence electrons. The first-order valence-corrected chi connectivity index (χ1v) is 5.72. The van der Waals surface area contributed by atoms with Gasteiger partial charge in [0.2, 0.25) is 0 Å². The molecule has 0 bridgehead atoms. The molecule has 2 aromatic carbocycles. The highest BCUT2D eigenvalue weighted by molar-refractivity contribution is 5.84. The summed E-state index contributed by atoms with van der Waals surface area (Å²) < 4.78 is 0. The largest absolute Gasteiger partial charge is 0.260 e. The second-order valence-electron chi connectivity index (χ2n) is 4.04. The van der Waals surface area contributed by atoms with Crippen molar-refractivity contribution in [2.24, 2.45) is 0 Å². The Kier molecular flexibility index (Phi) is 2.59. The maximum atomic E-state index is 4.48. The molecule has 3 rings (SSSR count). The molecular formula is C16H12N. The van der Waals surface area contributed by atoms with E-state index in [0.717, 1.165) is 12.1 Å². The Bertz CT molecular complexity index is 624. The molecule has 0 aliphatic rings. The van der Waals surface area contributed by atoms with Crippen LogP contribution in [0.1, 0.15) is 11.3 Å². The molecule has 0 aliphatic carbocycles. The van der Waals surface area contributed by atoms with E-state index in [1.807, 2.05) is 30.5 Å². The molecule has 0 unspecified atom stereocenters. The van der Waals surface area contributed by atoms with Crippen molar-refractivity contribution in [2.45, 2.75) is 6.42 Å². The van der Waals surface area contributed by atoms with E-state index < -0.39 is 0 Å². The Morgan fingerprint density at radius 3 is 2.71 bits per heavy atom. The van der Waals surface area contributed by atoms with Crippen LogP contribution in [0.3, 0.4) is 0 Å². The average molecular weight is 218 g/mol. The molecule has 0 spiro atoms. The summed E-state index contributed by atoms with van der Waals surface area (Å²) in [6, 6.07) is 21.7. The van der Waals surface area contributed by atoms with Gasteiger partial charge in [0.1, 0.15) is 0 Å². The maximum absolute atomic E-state index is 4.48. The molecule has 1 heteroatoms. The monoisotopic (exact) mass is 218 g/mol. The van der Waals surface area contributed by atoms with Gasteiger partial charge in [-0.15, -0.1) is 0 Å². The van der Waals surface area contributed by atoms with Gasteiger partial charge in [-0.25, -0.2) is 0 Å². The highest BCUT2D eigenvalue weighted by atomic mass is 14.7. The summed E-state index contributed by atoms with van der Waals surface area (Å²) in [4.78, 5) is 4.48. The van der Waals surface area contributed by atoms with E-state index in [9.17, 15) is 0 Å². The standard InChI is InChI=1S/C16H12N/c1-2-6-13(7-3-1)12-16-15-9-5-4-8-14(15)10-11-17-16/h1-6,8-11H,12H2. The van der Waals surface area contributed by atoms with Crippen molar-refractivity contribution in [2.75, 3.05) is 0 Å². The third kappa shape index (κ3) is 2.04. The number of hydrogen-bond donors (Lipinski definition) is 0. The minimum Gasteiger partial charge on any atom is -0.260 e. The van der Waals surface area contributed by atoms with Crippen molar-refractivity contribution >= 4 is 10.8 Å². The Morgan fingerprint density at radius 2 is 1.82 bits per heavy atom. The van der Waals surface area contributed by atoms with E-state index >= 15 is 0 Å². The topological polar surface area (TPSA) is 12.9 Å². The third-order valence-electron chi connectivity index (χ3n) is 2.89. The molecule has 0 fully saturated rings. The fourth-order valence-corrected chi connectivity index (χ4v) is 2.04. The number of pyridine rings is 1. The SMILES string of the molecule is [c]1ccccc1Cc1nccc2ccccc12. The first-order chi connectivity index (χ1) is 8.43. The lowest BCUT2D eigenvalue weighted by molar-refractivity contribution is 1.10. The van der Waals surface area contributed by atoms with Crippen LogP contribution < -0.4 is 0 Å². The van der Waals surface area contributed by atoms with Crippen molar-refractivity contribution in [1.29, 1.82) is 0 Å². The van der Waals surface area contributed by atoms with Crippen molar-refractivity contribution in [3.05, 3.63) is 78.1 Å². The van der Waals surface area contributed by atoms with Crippen LogP contribution in [0.15, 0.2) is 60.8 Å². The summed E-state index contributed by atoms with van der Waals surface area (Å²) in [5, 5.41) is 2.47. The Balaban J connectivity index is 2.06. The minimum atomic E-state index is 0.836. The van der Waals surface area contributed by atoms with Gasteiger partial charge in [-0.05, 0) is 23.1 Å². The first kappa shape index (κ1) is 10.0. The van der Waals surface area contributed by atoms with Gasteiger partial charge in [0.25, 0.3) is 0 Å². The van der Waals surface area contributed by atoms with E-state index in [2.05, 4.69) is 41.4 Å². The summed E-state index contributed by atoms with van der Waals surface area (Å²) in [7, 11) is 0. The molecule has 0 aliphatic heterocycles. The zero-order valence-corrected chi connectivity index (χ0v) is 9.43. The lowest BCUT2D eigenvalue weighted by Gasteiger charge is -2.05. The van der Waals surface area contributed by atoms with E-state index in [4.69, 9.17) is 0 Å². The molecule has 1 aromatic heterocycles. The lowest BCUT2D eigenvalue weighted by atomic mass is 10.0. The average Bonchev–Trinajstić information content (AvgIpc) is 2.40. The van der Waals surface area contributed by atoms with Crippen molar-refractivity contribution in [1.82, 2.24) is 4.98 Å². The number of nitrogens with zero attached hydrogens (tertiary/aromatic N) is 1. The summed E-state index contributed by atoms with van der Waals surface area (Å²) in [6.07, 6.45) is 2.71. The highest BCUT2D eigenvalue weighted by Crippen LogP contribution is 2.18. The van der Waals surface area contributed by atoms with E-state index in [1.165, 1.54) is 16.3 Å². The van der Waals surface area contributed by atoms with Crippen molar-refractivity contribution < 1.29 is 0 Å². The van der Waals surface area contributed by atoms with Crippen molar-refractivity contribution in [3.63, 3.8) is 0 Å². The second kappa shape index (κ2) is 4.38. The molecule has 0 saturated heterocycles. The summed E-state index contributed by atoms with van der Waals surface area (Å²) >= 11 is 0. The second-order valence-corrected chi connectivity index (χ2v) is 4.04. The quantitative estimate of drug-likeness (QED) is 0.640. The molecule has 1 radical (unpaired) electrons. The van der Waals surface area contributed by atoms with Crippen LogP contribution in [0.25, 0.3) is 10.8 Å². The van der Waals surface area contributed by atoms with Crippen molar-refractivity contribution in [3.8, 4) is 0 Å². The van der Waals surface area contributed by atoms with Crippen LogP contribution in [-0.4, -0.2) is 4.98 Å². The van der Waals surface area contributed by atoms with Gasteiger partial charge >= 0.3 is 0 Å². The smallest absolute Gasteiger partial charge is 0.0525 e. The van der Waals surface area contributed by atoms with Crippen LogP contribution in [0.2, 0.25) is 0 Å². The normalized spacial score (nSPS) is 10.6. The van der Waals surface area contributed by atoms with Gasteiger partial charge in [0, 0.05) is 18.0 Å². The van der Waals surface area contributed by atoms with Gasteiger partial charge in [0.15, 0.2) is 0 Å². The fourth-order valence-electron chi connectivity index (χ4n) is 2.04. The molecular weight excluding hydrogens is 206 g/mol. The zero-order chi connectivity index (χ0) is 11.5. The van der Waals surface area contributed by atoms with Gasteiger partial charge in [-0.2, -0.15) is 0 Å². The molecule has 0 amide bonds. The van der Waals surface area contributed by atoms with Crippen LogP contribution >= 0.6 is 0 Å². The van der Waals surface area contributed by atoms with Crippen LogP contribution in [0, 0.1) is 6.07 Å². The molecule has 17 heavy (non-hydrogen) atoms. The Hall–Kier alpha value is -2.15. The van der Waals surface area contributed by atoms with Gasteiger partial charge in [-0.1, -0.05) is 48.5 Å². The molecule has 0 atom stereocenters. The van der Waals surface area contributed by atoms with Crippen LogP contribution in [0.4, 0.5) is 0 Å². The number of fused-ring (bicyclic) bond motifs is 1. The summed E-state index contributed by atoms with van der Waals surface area (Å²) in [5.74, 6) is 0. The van der Waals surface area contributed by atoms with E-state index in [-0.39, 0.29) is 0 Å². The predicted molar refractivity (Wildman–Crippen MR) is 69.8 cm³/mol. The number of hydrogen-bond acceptors (Lipinski definition) is 1. The fraction of sp³-hybridized carbons (Fsp3) is 0.0625. The first-order valence-electron chi connectivity index (χ1n) is 5.72. The van der Waals surface area contributed by atoms with Gasteiger partial charge < -0.3 is 0 Å². The number of rotatable bonds is 2. The Morgan fingerprint density at radius 1 is 0.941 bits per heavy atom.